The van der Waals surface area contributed by atoms with E-state index in [1.165, 1.54) is 32.1 Å². The van der Waals surface area contributed by atoms with E-state index < -0.39 is 0 Å². The van der Waals surface area contributed by atoms with Gasteiger partial charge in [0.15, 0.2) is 5.82 Å². The quantitative estimate of drug-likeness (QED) is 0.840. The van der Waals surface area contributed by atoms with Crippen LogP contribution in [0.25, 0.3) is 0 Å². The molecule has 2 aliphatic rings. The Morgan fingerprint density at radius 2 is 2.06 bits per heavy atom. The van der Waals surface area contributed by atoms with Crippen LogP contribution in [0.5, 0.6) is 0 Å². The first-order valence-electron chi connectivity index (χ1n) is 6.59. The molecule has 3 rings (SSSR count). The minimum Gasteiger partial charge on any atom is -0.355 e. The Kier molecular flexibility index (Phi) is 2.97. The van der Waals surface area contributed by atoms with Gasteiger partial charge in [-0.3, -0.25) is 0 Å². The van der Waals surface area contributed by atoms with Crippen LogP contribution in [-0.4, -0.2) is 35.4 Å². The third-order valence-electron chi connectivity index (χ3n) is 4.16. The Bertz CT molecular complexity index is 355. The van der Waals surface area contributed by atoms with Crippen molar-refractivity contribution in [3.8, 4) is 0 Å². The number of hydrogen-bond acceptors (Lipinski definition) is 4. The van der Waals surface area contributed by atoms with E-state index in [4.69, 9.17) is 0 Å². The van der Waals surface area contributed by atoms with Crippen molar-refractivity contribution in [2.45, 2.75) is 50.2 Å². The summed E-state index contributed by atoms with van der Waals surface area (Å²) in [4.78, 5) is 2.30. The van der Waals surface area contributed by atoms with Crippen molar-refractivity contribution in [2.75, 3.05) is 11.9 Å². The zero-order chi connectivity index (χ0) is 11.7. The van der Waals surface area contributed by atoms with Gasteiger partial charge in [0.25, 0.3) is 0 Å². The second-order valence-corrected chi connectivity index (χ2v) is 5.31. The number of fused-ring (bicyclic) bond motifs is 2. The van der Waals surface area contributed by atoms with Crippen LogP contribution < -0.4 is 10.2 Å². The molecular formula is C13H20N4. The van der Waals surface area contributed by atoms with Gasteiger partial charge in [-0.2, -0.15) is 5.10 Å². The molecule has 2 aliphatic heterocycles. The van der Waals surface area contributed by atoms with E-state index in [1.807, 2.05) is 12.1 Å². The van der Waals surface area contributed by atoms with Gasteiger partial charge < -0.3 is 10.2 Å². The molecule has 17 heavy (non-hydrogen) atoms. The number of rotatable bonds is 2. The smallest absolute Gasteiger partial charge is 0.151 e. The maximum atomic E-state index is 4.20. The molecule has 0 spiro atoms. The molecule has 2 fully saturated rings. The summed E-state index contributed by atoms with van der Waals surface area (Å²) in [6.07, 6.45) is 8.27. The molecule has 1 N–H and O–H groups in total. The van der Waals surface area contributed by atoms with E-state index in [1.54, 1.807) is 6.20 Å². The van der Waals surface area contributed by atoms with E-state index >= 15 is 0 Å². The summed E-state index contributed by atoms with van der Waals surface area (Å²) in [5.41, 5.74) is 0. The van der Waals surface area contributed by atoms with Gasteiger partial charge in [0.05, 0.1) is 0 Å². The van der Waals surface area contributed by atoms with E-state index in [9.17, 15) is 0 Å². The summed E-state index contributed by atoms with van der Waals surface area (Å²) in [7, 11) is 2.15. The monoisotopic (exact) mass is 232 g/mol. The van der Waals surface area contributed by atoms with E-state index in [0.29, 0.717) is 18.1 Å². The summed E-state index contributed by atoms with van der Waals surface area (Å²) < 4.78 is 0. The zero-order valence-electron chi connectivity index (χ0n) is 10.3. The molecule has 2 saturated heterocycles. The third kappa shape index (κ3) is 2.27. The average Bonchev–Trinajstić information content (AvgIpc) is 2.38. The molecule has 0 radical (unpaired) electrons. The third-order valence-corrected chi connectivity index (χ3v) is 4.16. The van der Waals surface area contributed by atoms with Crippen molar-refractivity contribution in [1.29, 1.82) is 0 Å². The van der Waals surface area contributed by atoms with Crippen molar-refractivity contribution < 1.29 is 0 Å². The normalized spacial score (nSPS) is 32.2. The Labute approximate surface area is 102 Å². The molecule has 1 aromatic heterocycles. The Hall–Kier alpha value is -1.16. The molecule has 0 aliphatic carbocycles. The highest BCUT2D eigenvalue weighted by atomic mass is 15.3. The molecule has 4 heteroatoms. The number of nitrogens with zero attached hydrogens (tertiary/aromatic N) is 3. The van der Waals surface area contributed by atoms with E-state index in [2.05, 4.69) is 27.5 Å². The van der Waals surface area contributed by atoms with Gasteiger partial charge in [0.2, 0.25) is 0 Å². The van der Waals surface area contributed by atoms with Crippen molar-refractivity contribution in [2.24, 2.45) is 0 Å². The zero-order valence-corrected chi connectivity index (χ0v) is 10.3. The van der Waals surface area contributed by atoms with Gasteiger partial charge in [-0.25, -0.2) is 0 Å². The fourth-order valence-electron chi connectivity index (χ4n) is 3.22. The molecule has 1 aromatic rings. The van der Waals surface area contributed by atoms with Crippen LogP contribution in [0, 0.1) is 0 Å². The largest absolute Gasteiger partial charge is 0.355 e. The standard InChI is InChI=1S/C13H20N4/c1-17(13-6-3-7-14-16-13)12-8-10-4-2-5-11(9-12)15-10/h3,6-7,10-12,15H,2,4-5,8-9H2,1H3/t10-,11+,12?. The van der Waals surface area contributed by atoms with Crippen LogP contribution in [0.4, 0.5) is 5.82 Å². The Morgan fingerprint density at radius 1 is 1.29 bits per heavy atom. The molecule has 4 nitrogen and oxygen atoms in total. The lowest BCUT2D eigenvalue weighted by Crippen LogP contribution is -2.54. The summed E-state index contributed by atoms with van der Waals surface area (Å²) >= 11 is 0. The van der Waals surface area contributed by atoms with Gasteiger partial charge >= 0.3 is 0 Å². The molecule has 92 valence electrons. The van der Waals surface area contributed by atoms with Crippen molar-refractivity contribution in [1.82, 2.24) is 15.5 Å². The van der Waals surface area contributed by atoms with Crippen molar-refractivity contribution >= 4 is 5.82 Å². The fraction of sp³-hybridized carbons (Fsp3) is 0.692. The molecule has 0 aromatic carbocycles. The first-order valence-corrected chi connectivity index (χ1v) is 6.59. The van der Waals surface area contributed by atoms with Crippen LogP contribution in [0.2, 0.25) is 0 Å². The lowest BCUT2D eigenvalue weighted by Gasteiger charge is -2.43. The van der Waals surface area contributed by atoms with E-state index in [0.717, 1.165) is 5.82 Å². The van der Waals surface area contributed by atoms with Crippen LogP contribution >= 0.6 is 0 Å². The van der Waals surface area contributed by atoms with Gasteiger partial charge in [-0.05, 0) is 37.8 Å². The Balaban J connectivity index is 1.72. The first kappa shape index (κ1) is 11.0. The fourth-order valence-corrected chi connectivity index (χ4v) is 3.22. The topological polar surface area (TPSA) is 41.1 Å². The highest BCUT2D eigenvalue weighted by Gasteiger charge is 2.33. The van der Waals surface area contributed by atoms with Crippen LogP contribution in [0.3, 0.4) is 0 Å². The van der Waals surface area contributed by atoms with Crippen molar-refractivity contribution in [3.05, 3.63) is 18.3 Å². The highest BCUT2D eigenvalue weighted by Crippen LogP contribution is 2.29. The number of aromatic nitrogens is 2. The molecule has 1 unspecified atom stereocenters. The molecule has 3 heterocycles. The van der Waals surface area contributed by atoms with Gasteiger partial charge in [0, 0.05) is 31.4 Å². The SMILES string of the molecule is CN(c1cccnn1)C1C[C@H]2CCC[C@@H](C1)N2. The minimum atomic E-state index is 0.614. The number of anilines is 1. The molecule has 3 atom stereocenters. The lowest BCUT2D eigenvalue weighted by atomic mass is 9.83. The Morgan fingerprint density at radius 3 is 2.71 bits per heavy atom. The summed E-state index contributed by atoms with van der Waals surface area (Å²) in [5, 5.41) is 11.9. The maximum absolute atomic E-state index is 4.20. The minimum absolute atomic E-state index is 0.614. The summed E-state index contributed by atoms with van der Waals surface area (Å²) in [6.45, 7) is 0. The molecular weight excluding hydrogens is 212 g/mol. The molecule has 2 bridgehead atoms. The van der Waals surface area contributed by atoms with Crippen LogP contribution in [0.1, 0.15) is 32.1 Å². The van der Waals surface area contributed by atoms with Crippen LogP contribution in [-0.2, 0) is 0 Å². The van der Waals surface area contributed by atoms with Crippen LogP contribution in [0.15, 0.2) is 18.3 Å². The first-order chi connectivity index (χ1) is 8.33. The second-order valence-electron chi connectivity index (χ2n) is 5.31. The second kappa shape index (κ2) is 4.61. The van der Waals surface area contributed by atoms with Gasteiger partial charge in [-0.1, -0.05) is 6.42 Å². The molecule has 0 saturated carbocycles. The van der Waals surface area contributed by atoms with Gasteiger partial charge in [-0.15, -0.1) is 5.10 Å². The van der Waals surface area contributed by atoms with Gasteiger partial charge in [0.1, 0.15) is 0 Å². The number of hydrogen-bond donors (Lipinski definition) is 1. The summed E-state index contributed by atoms with van der Waals surface area (Å²) in [5.74, 6) is 0.998. The lowest BCUT2D eigenvalue weighted by molar-refractivity contribution is 0.219. The average molecular weight is 232 g/mol. The summed E-state index contributed by atoms with van der Waals surface area (Å²) in [6, 6.07) is 6.05. The van der Waals surface area contributed by atoms with E-state index in [-0.39, 0.29) is 0 Å². The predicted molar refractivity (Wildman–Crippen MR) is 68.0 cm³/mol. The number of nitrogens with one attached hydrogen (secondary N) is 1. The maximum Gasteiger partial charge on any atom is 0.151 e. The van der Waals surface area contributed by atoms with Crippen molar-refractivity contribution in [3.63, 3.8) is 0 Å². The predicted octanol–water partition coefficient (Wildman–Crippen LogP) is 1.59. The highest BCUT2D eigenvalue weighted by molar-refractivity contribution is 5.37. The number of piperidine rings is 2. The molecule has 0 amide bonds.